The van der Waals surface area contributed by atoms with E-state index in [1.165, 1.54) is 0 Å². The van der Waals surface area contributed by atoms with Crippen molar-refractivity contribution in [3.63, 3.8) is 0 Å². The molecule has 24 heavy (non-hydrogen) atoms. The third-order valence-corrected chi connectivity index (χ3v) is 4.24. The molecule has 0 radical (unpaired) electrons. The molecular weight excluding hydrogens is 300 g/mol. The van der Waals surface area contributed by atoms with Crippen LogP contribution in [0.25, 0.3) is 0 Å². The zero-order valence-electron chi connectivity index (χ0n) is 14.7. The Bertz CT molecular complexity index is 637. The van der Waals surface area contributed by atoms with E-state index in [0.717, 1.165) is 29.7 Å². The maximum Gasteiger partial charge on any atom is 0.314 e. The standard InChI is InChI=1S/C21H26O3/c1-4-11-18(17-14-9-10-15-19(17)23-3)20(21(22)24-5-2)16-12-7-6-8-13-16/h6-10,12-15,18,20H,4-5,11H2,1-3H3. The zero-order valence-corrected chi connectivity index (χ0v) is 14.7. The number of hydrogen-bond donors (Lipinski definition) is 0. The summed E-state index contributed by atoms with van der Waals surface area (Å²) >= 11 is 0. The van der Waals surface area contributed by atoms with Crippen LogP contribution in [0.15, 0.2) is 54.6 Å². The number of hydrogen-bond acceptors (Lipinski definition) is 3. The minimum absolute atomic E-state index is 0.0209. The van der Waals surface area contributed by atoms with Crippen LogP contribution in [0, 0.1) is 0 Å². The van der Waals surface area contributed by atoms with Gasteiger partial charge < -0.3 is 9.47 Å². The molecule has 2 unspecified atom stereocenters. The highest BCUT2D eigenvalue weighted by atomic mass is 16.5. The molecule has 0 heterocycles. The van der Waals surface area contributed by atoms with Crippen LogP contribution >= 0.6 is 0 Å². The van der Waals surface area contributed by atoms with Crippen LogP contribution in [0.2, 0.25) is 0 Å². The number of carbonyl (C=O) groups excluding carboxylic acids is 1. The normalized spacial score (nSPS) is 13.1. The van der Waals surface area contributed by atoms with Gasteiger partial charge in [0.05, 0.1) is 19.6 Å². The molecule has 2 rings (SSSR count). The molecule has 3 heteroatoms. The van der Waals surface area contributed by atoms with Gasteiger partial charge in [-0.3, -0.25) is 4.79 Å². The first kappa shape index (κ1) is 18.1. The van der Waals surface area contributed by atoms with Crippen molar-refractivity contribution in [2.24, 2.45) is 0 Å². The number of esters is 1. The summed E-state index contributed by atoms with van der Waals surface area (Å²) in [5.74, 6) is 0.337. The largest absolute Gasteiger partial charge is 0.496 e. The molecule has 0 aliphatic carbocycles. The predicted octanol–water partition coefficient (Wildman–Crippen LogP) is 4.93. The molecule has 128 valence electrons. The molecule has 0 aliphatic rings. The Balaban J connectivity index is 2.51. The fourth-order valence-corrected chi connectivity index (χ4v) is 3.21. The van der Waals surface area contributed by atoms with Gasteiger partial charge in [-0.2, -0.15) is 0 Å². The van der Waals surface area contributed by atoms with Gasteiger partial charge in [-0.1, -0.05) is 61.9 Å². The zero-order chi connectivity index (χ0) is 17.4. The minimum Gasteiger partial charge on any atom is -0.496 e. The van der Waals surface area contributed by atoms with Gasteiger partial charge >= 0.3 is 5.97 Å². The molecule has 2 aromatic carbocycles. The molecule has 0 amide bonds. The van der Waals surface area contributed by atoms with Gasteiger partial charge in [0.1, 0.15) is 5.75 Å². The van der Waals surface area contributed by atoms with Crippen LogP contribution in [-0.4, -0.2) is 19.7 Å². The predicted molar refractivity (Wildman–Crippen MR) is 96.5 cm³/mol. The van der Waals surface area contributed by atoms with Crippen LogP contribution in [-0.2, 0) is 9.53 Å². The average Bonchev–Trinajstić information content (AvgIpc) is 2.62. The van der Waals surface area contributed by atoms with Crippen LogP contribution in [0.5, 0.6) is 5.75 Å². The third-order valence-electron chi connectivity index (χ3n) is 4.24. The van der Waals surface area contributed by atoms with Crippen molar-refractivity contribution in [2.45, 2.75) is 38.5 Å². The minimum atomic E-state index is -0.331. The second-order valence-corrected chi connectivity index (χ2v) is 5.78. The molecule has 0 saturated heterocycles. The Hall–Kier alpha value is -2.29. The van der Waals surface area contributed by atoms with E-state index in [-0.39, 0.29) is 17.8 Å². The summed E-state index contributed by atoms with van der Waals surface area (Å²) in [6, 6.07) is 17.8. The van der Waals surface area contributed by atoms with Crippen LogP contribution < -0.4 is 4.74 Å². The number of methoxy groups -OCH3 is 1. The average molecular weight is 326 g/mol. The maximum absolute atomic E-state index is 12.8. The van der Waals surface area contributed by atoms with Crippen molar-refractivity contribution in [1.82, 2.24) is 0 Å². The molecule has 0 aromatic heterocycles. The van der Waals surface area contributed by atoms with E-state index in [9.17, 15) is 4.79 Å². The van der Waals surface area contributed by atoms with Gasteiger partial charge in [-0.25, -0.2) is 0 Å². The van der Waals surface area contributed by atoms with Gasteiger partial charge in [0.2, 0.25) is 0 Å². The van der Waals surface area contributed by atoms with Gasteiger partial charge in [0.15, 0.2) is 0 Å². The Morgan fingerprint density at radius 2 is 1.67 bits per heavy atom. The second-order valence-electron chi connectivity index (χ2n) is 5.78. The molecule has 0 saturated carbocycles. The fourth-order valence-electron chi connectivity index (χ4n) is 3.21. The third kappa shape index (κ3) is 4.16. The SMILES string of the molecule is CCCC(c1ccccc1OC)C(C(=O)OCC)c1ccccc1. The summed E-state index contributed by atoms with van der Waals surface area (Å²) in [5.41, 5.74) is 2.05. The molecular formula is C21H26O3. The lowest BCUT2D eigenvalue weighted by molar-refractivity contribution is -0.145. The summed E-state index contributed by atoms with van der Waals surface area (Å²) in [7, 11) is 1.67. The second kappa shape index (κ2) is 9.11. The molecule has 3 nitrogen and oxygen atoms in total. The van der Waals surface area contributed by atoms with Gasteiger partial charge in [0, 0.05) is 5.92 Å². The summed E-state index contributed by atoms with van der Waals surface area (Å²) in [6.45, 7) is 4.36. The van der Waals surface area contributed by atoms with E-state index < -0.39 is 0 Å². The topological polar surface area (TPSA) is 35.5 Å². The molecule has 0 bridgehead atoms. The summed E-state index contributed by atoms with van der Waals surface area (Å²) in [6.07, 6.45) is 1.87. The molecule has 0 spiro atoms. The van der Waals surface area contributed by atoms with Crippen LogP contribution in [0.1, 0.15) is 49.7 Å². The van der Waals surface area contributed by atoms with E-state index in [0.29, 0.717) is 6.61 Å². The summed E-state index contributed by atoms with van der Waals surface area (Å²) < 4.78 is 10.9. The highest BCUT2D eigenvalue weighted by Crippen LogP contribution is 2.41. The van der Waals surface area contributed by atoms with Crippen molar-refractivity contribution in [1.29, 1.82) is 0 Å². The first-order valence-corrected chi connectivity index (χ1v) is 8.57. The molecule has 0 aliphatic heterocycles. The highest BCUT2D eigenvalue weighted by molar-refractivity contribution is 5.80. The van der Waals surface area contributed by atoms with E-state index in [2.05, 4.69) is 6.92 Å². The molecule has 2 atom stereocenters. The fraction of sp³-hybridized carbons (Fsp3) is 0.381. The quantitative estimate of drug-likeness (QED) is 0.646. The lowest BCUT2D eigenvalue weighted by Gasteiger charge is -2.27. The lowest BCUT2D eigenvalue weighted by atomic mass is 9.78. The summed E-state index contributed by atoms with van der Waals surface area (Å²) in [4.78, 5) is 12.8. The number of para-hydroxylation sites is 1. The van der Waals surface area contributed by atoms with Crippen molar-refractivity contribution < 1.29 is 14.3 Å². The van der Waals surface area contributed by atoms with Crippen LogP contribution in [0.4, 0.5) is 0 Å². The Morgan fingerprint density at radius 3 is 2.29 bits per heavy atom. The van der Waals surface area contributed by atoms with Crippen molar-refractivity contribution in [2.75, 3.05) is 13.7 Å². The first-order chi connectivity index (χ1) is 11.7. The molecule has 0 fully saturated rings. The van der Waals surface area contributed by atoms with Crippen LogP contribution in [0.3, 0.4) is 0 Å². The highest BCUT2D eigenvalue weighted by Gasteiger charge is 2.33. The molecule has 2 aromatic rings. The maximum atomic E-state index is 12.8. The number of ether oxygens (including phenoxy) is 2. The van der Waals surface area contributed by atoms with Crippen molar-refractivity contribution in [3.05, 3.63) is 65.7 Å². The Labute approximate surface area is 144 Å². The lowest BCUT2D eigenvalue weighted by Crippen LogP contribution is -2.23. The van der Waals surface area contributed by atoms with Gasteiger partial charge in [-0.15, -0.1) is 0 Å². The van der Waals surface area contributed by atoms with E-state index >= 15 is 0 Å². The van der Waals surface area contributed by atoms with Crippen molar-refractivity contribution >= 4 is 5.97 Å². The first-order valence-electron chi connectivity index (χ1n) is 8.57. The van der Waals surface area contributed by atoms with Crippen molar-refractivity contribution in [3.8, 4) is 5.75 Å². The monoisotopic (exact) mass is 326 g/mol. The van der Waals surface area contributed by atoms with Gasteiger partial charge in [0.25, 0.3) is 0 Å². The van der Waals surface area contributed by atoms with E-state index in [1.54, 1.807) is 7.11 Å². The van der Waals surface area contributed by atoms with E-state index in [1.807, 2.05) is 61.5 Å². The molecule has 0 N–H and O–H groups in total. The van der Waals surface area contributed by atoms with E-state index in [4.69, 9.17) is 9.47 Å². The number of carbonyl (C=O) groups is 1. The smallest absolute Gasteiger partial charge is 0.314 e. The summed E-state index contributed by atoms with van der Waals surface area (Å²) in [5, 5.41) is 0. The van der Waals surface area contributed by atoms with Gasteiger partial charge in [-0.05, 0) is 30.5 Å². The number of rotatable bonds is 8. The Morgan fingerprint density at radius 1 is 1.00 bits per heavy atom. The Kier molecular flexibility index (Phi) is 6.86. The number of benzene rings is 2.